The Hall–Kier alpha value is -1.95. The van der Waals surface area contributed by atoms with Crippen molar-refractivity contribution in [3.8, 4) is 0 Å². The van der Waals surface area contributed by atoms with E-state index in [-0.39, 0.29) is 0 Å². The van der Waals surface area contributed by atoms with E-state index in [1.54, 1.807) is 24.3 Å². The van der Waals surface area contributed by atoms with Crippen LogP contribution in [-0.4, -0.2) is 28.5 Å². The minimum absolute atomic E-state index is 0.382. The van der Waals surface area contributed by atoms with Crippen molar-refractivity contribution < 1.29 is 14.7 Å². The van der Waals surface area contributed by atoms with Crippen LogP contribution in [0.2, 0.25) is 0 Å². The smallest absolute Gasteiger partial charge is 0.322 e. The van der Waals surface area contributed by atoms with Crippen molar-refractivity contribution in [2.24, 2.45) is 5.73 Å². The number of carbonyl (C=O) groups excluding carboxylic acids is 1. The van der Waals surface area contributed by atoms with Crippen LogP contribution in [0.3, 0.4) is 0 Å². The maximum Gasteiger partial charge on any atom is 0.322 e. The van der Waals surface area contributed by atoms with E-state index in [1.807, 2.05) is 0 Å². The molecule has 0 radical (unpaired) electrons. The number of nitrogens with one attached hydrogen (secondary N) is 1. The minimum Gasteiger partial charge on any atom is -0.480 e. The predicted octanol–water partition coefficient (Wildman–Crippen LogP) is 0.330. The molecule has 0 saturated carbocycles. The first-order valence-corrected chi connectivity index (χ1v) is 5.27. The molecule has 1 aromatic carbocycles. The van der Waals surface area contributed by atoms with Gasteiger partial charge < -0.3 is 16.2 Å². The van der Waals surface area contributed by atoms with Gasteiger partial charge in [0, 0.05) is 12.0 Å². The number of rotatable bonds is 5. The first-order valence-electron chi connectivity index (χ1n) is 4.86. The van der Waals surface area contributed by atoms with Crippen LogP contribution in [0, 0.1) is 0 Å². The Kier molecular flexibility index (Phi) is 4.59. The van der Waals surface area contributed by atoms with Crippen LogP contribution in [0.25, 0.3) is 0 Å². The van der Waals surface area contributed by atoms with Crippen LogP contribution in [0.15, 0.2) is 24.3 Å². The van der Waals surface area contributed by atoms with Crippen molar-refractivity contribution >= 4 is 29.1 Å². The maximum absolute atomic E-state index is 11.5. The van der Waals surface area contributed by atoms with Gasteiger partial charge in [-0.1, -0.05) is 24.4 Å². The number of hydrogen-bond donors (Lipinski definition) is 3. The van der Waals surface area contributed by atoms with Crippen molar-refractivity contribution in [1.29, 1.82) is 0 Å². The summed E-state index contributed by atoms with van der Waals surface area (Å²) < 4.78 is 0. The highest BCUT2D eigenvalue weighted by molar-refractivity contribution is 7.80. The summed E-state index contributed by atoms with van der Waals surface area (Å²) in [5.41, 5.74) is 6.70. The molecule has 90 valence electrons. The fourth-order valence-corrected chi connectivity index (χ4v) is 1.40. The molecule has 0 aliphatic rings. The minimum atomic E-state index is -1.08. The largest absolute Gasteiger partial charge is 0.480 e. The Balaban J connectivity index is 2.63. The number of thiocarbonyl (C=S) groups is 1. The lowest BCUT2D eigenvalue weighted by molar-refractivity contribution is -0.135. The predicted molar refractivity (Wildman–Crippen MR) is 66.9 cm³/mol. The highest BCUT2D eigenvalue weighted by Crippen LogP contribution is 2.05. The zero-order chi connectivity index (χ0) is 12.8. The molecular formula is C11H12N2O3S. The van der Waals surface area contributed by atoms with Gasteiger partial charge in [0.25, 0.3) is 5.91 Å². The number of carboxylic acid groups (broad SMARTS) is 1. The van der Waals surface area contributed by atoms with Gasteiger partial charge in [0.05, 0.1) is 4.99 Å². The van der Waals surface area contributed by atoms with Gasteiger partial charge in [0.1, 0.15) is 6.54 Å². The molecule has 0 spiro atoms. The number of carbonyl (C=O) groups is 2. The fraction of sp³-hybridized carbons (Fsp3) is 0.182. The summed E-state index contributed by atoms with van der Waals surface area (Å²) in [5.74, 6) is -1.50. The first kappa shape index (κ1) is 13.1. The average Bonchev–Trinajstić information content (AvgIpc) is 2.26. The van der Waals surface area contributed by atoms with E-state index >= 15 is 0 Å². The standard InChI is InChI=1S/C11H12N2O3S/c12-9(17)5-7-1-3-8(4-2-7)11(16)13-6-10(14)15/h1-4H,5-6H2,(H2,12,17)(H,13,16)(H,14,15). The Morgan fingerprint density at radius 2 is 1.88 bits per heavy atom. The average molecular weight is 252 g/mol. The van der Waals surface area contributed by atoms with Crippen LogP contribution >= 0.6 is 12.2 Å². The molecule has 1 aromatic rings. The Morgan fingerprint density at radius 1 is 1.29 bits per heavy atom. The Morgan fingerprint density at radius 3 is 2.35 bits per heavy atom. The molecule has 0 heterocycles. The van der Waals surface area contributed by atoms with Crippen LogP contribution < -0.4 is 11.1 Å². The summed E-state index contributed by atoms with van der Waals surface area (Å²) in [7, 11) is 0. The summed E-state index contributed by atoms with van der Waals surface area (Å²) >= 11 is 4.77. The number of amides is 1. The zero-order valence-electron chi connectivity index (χ0n) is 8.97. The quantitative estimate of drug-likeness (QED) is 0.657. The second-order valence-electron chi connectivity index (χ2n) is 3.42. The molecule has 1 rings (SSSR count). The highest BCUT2D eigenvalue weighted by atomic mass is 32.1. The van der Waals surface area contributed by atoms with Gasteiger partial charge in [-0.25, -0.2) is 0 Å². The first-order chi connectivity index (χ1) is 7.99. The van der Waals surface area contributed by atoms with Gasteiger partial charge in [-0.15, -0.1) is 0 Å². The molecule has 4 N–H and O–H groups in total. The van der Waals surface area contributed by atoms with Crippen molar-refractivity contribution in [2.45, 2.75) is 6.42 Å². The second kappa shape index (κ2) is 5.95. The van der Waals surface area contributed by atoms with Crippen LogP contribution in [0.1, 0.15) is 15.9 Å². The number of nitrogens with two attached hydrogens (primary N) is 1. The van der Waals surface area contributed by atoms with E-state index in [0.29, 0.717) is 17.0 Å². The third-order valence-electron chi connectivity index (χ3n) is 1.99. The summed E-state index contributed by atoms with van der Waals surface area (Å²) in [6.07, 6.45) is 0.479. The van der Waals surface area contributed by atoms with Crippen LogP contribution in [0.4, 0.5) is 0 Å². The molecule has 5 nitrogen and oxygen atoms in total. The Bertz CT molecular complexity index is 443. The fourth-order valence-electron chi connectivity index (χ4n) is 1.23. The van der Waals surface area contributed by atoms with Gasteiger partial charge in [-0.05, 0) is 17.7 Å². The van der Waals surface area contributed by atoms with E-state index in [1.165, 1.54) is 0 Å². The molecule has 0 fully saturated rings. The van der Waals surface area contributed by atoms with Gasteiger partial charge >= 0.3 is 5.97 Å². The van der Waals surface area contributed by atoms with Gasteiger partial charge in [0.2, 0.25) is 0 Å². The Labute approximate surface area is 104 Å². The molecule has 0 saturated heterocycles. The number of benzene rings is 1. The highest BCUT2D eigenvalue weighted by Gasteiger charge is 2.06. The lowest BCUT2D eigenvalue weighted by atomic mass is 10.1. The SMILES string of the molecule is NC(=S)Cc1ccc(C(=O)NCC(=O)O)cc1. The topological polar surface area (TPSA) is 92.4 Å². The molecular weight excluding hydrogens is 240 g/mol. The van der Waals surface area contributed by atoms with Crippen molar-refractivity contribution in [2.75, 3.05) is 6.54 Å². The van der Waals surface area contributed by atoms with E-state index in [9.17, 15) is 9.59 Å². The van der Waals surface area contributed by atoms with Crippen molar-refractivity contribution in [3.05, 3.63) is 35.4 Å². The molecule has 0 unspecified atom stereocenters. The zero-order valence-corrected chi connectivity index (χ0v) is 9.79. The van der Waals surface area contributed by atoms with Gasteiger partial charge in [0.15, 0.2) is 0 Å². The number of aliphatic carboxylic acids is 1. The third-order valence-corrected chi connectivity index (χ3v) is 2.14. The normalized spacial score (nSPS) is 9.65. The number of carboxylic acids is 1. The summed E-state index contributed by atoms with van der Waals surface area (Å²) in [6.45, 7) is -0.395. The molecule has 0 bridgehead atoms. The molecule has 17 heavy (non-hydrogen) atoms. The monoisotopic (exact) mass is 252 g/mol. The van der Waals surface area contributed by atoms with Gasteiger partial charge in [-0.3, -0.25) is 9.59 Å². The van der Waals surface area contributed by atoms with E-state index in [0.717, 1.165) is 5.56 Å². The lowest BCUT2D eigenvalue weighted by Gasteiger charge is -2.04. The van der Waals surface area contributed by atoms with Crippen molar-refractivity contribution in [1.82, 2.24) is 5.32 Å². The summed E-state index contributed by atoms with van der Waals surface area (Å²) in [6, 6.07) is 6.67. The van der Waals surface area contributed by atoms with E-state index in [2.05, 4.69) is 5.32 Å². The third kappa shape index (κ3) is 4.60. The molecule has 0 aliphatic carbocycles. The molecule has 0 aliphatic heterocycles. The van der Waals surface area contributed by atoms with E-state index < -0.39 is 18.4 Å². The molecule has 0 atom stereocenters. The maximum atomic E-state index is 11.5. The number of hydrogen-bond acceptors (Lipinski definition) is 3. The summed E-state index contributed by atoms with van der Waals surface area (Å²) in [4.78, 5) is 22.1. The molecule has 1 amide bonds. The lowest BCUT2D eigenvalue weighted by Crippen LogP contribution is -2.29. The van der Waals surface area contributed by atoms with Crippen LogP contribution in [0.5, 0.6) is 0 Å². The molecule has 6 heteroatoms. The van der Waals surface area contributed by atoms with Gasteiger partial charge in [-0.2, -0.15) is 0 Å². The van der Waals surface area contributed by atoms with Crippen LogP contribution in [-0.2, 0) is 11.2 Å². The van der Waals surface area contributed by atoms with Crippen molar-refractivity contribution in [3.63, 3.8) is 0 Å². The summed E-state index contributed by atoms with van der Waals surface area (Å²) in [5, 5.41) is 10.7. The van der Waals surface area contributed by atoms with E-state index in [4.69, 9.17) is 23.1 Å². The second-order valence-corrected chi connectivity index (χ2v) is 3.94. The molecule has 0 aromatic heterocycles.